The molecular formula is C12H25N3O. The number of nitrogens with two attached hydrogens (primary N) is 1. The van der Waals surface area contributed by atoms with Crippen LogP contribution in [0, 0.1) is 5.92 Å². The van der Waals surface area contributed by atoms with Crippen LogP contribution >= 0.6 is 0 Å². The van der Waals surface area contributed by atoms with E-state index in [1.165, 1.54) is 12.8 Å². The van der Waals surface area contributed by atoms with E-state index in [1.54, 1.807) is 0 Å². The van der Waals surface area contributed by atoms with E-state index in [1.807, 2.05) is 7.05 Å². The lowest BCUT2D eigenvalue weighted by Crippen LogP contribution is -2.47. The van der Waals surface area contributed by atoms with Crippen molar-refractivity contribution in [3.63, 3.8) is 0 Å². The number of rotatable bonds is 6. The van der Waals surface area contributed by atoms with Crippen LogP contribution in [-0.4, -0.2) is 31.6 Å². The molecule has 4 nitrogen and oxygen atoms in total. The molecule has 1 fully saturated rings. The van der Waals surface area contributed by atoms with E-state index in [9.17, 15) is 4.79 Å². The maximum atomic E-state index is 12.0. The molecule has 0 radical (unpaired) electrons. The van der Waals surface area contributed by atoms with Crippen molar-refractivity contribution in [3.8, 4) is 0 Å². The van der Waals surface area contributed by atoms with Crippen molar-refractivity contribution in [2.24, 2.45) is 11.7 Å². The molecule has 1 amide bonds. The quantitative estimate of drug-likeness (QED) is 0.623. The molecule has 3 atom stereocenters. The van der Waals surface area contributed by atoms with Crippen molar-refractivity contribution < 1.29 is 4.79 Å². The molecule has 0 heterocycles. The van der Waals surface area contributed by atoms with Gasteiger partial charge in [-0.1, -0.05) is 13.3 Å². The standard InChI is InChI=1S/C12H25N3O/c1-9-5-3-6-10(9)15-12(16)11(14-2)7-4-8-13/h9-11,14H,3-8,13H2,1-2H3,(H,15,16). The van der Waals surface area contributed by atoms with Gasteiger partial charge in [0.2, 0.25) is 5.91 Å². The maximum Gasteiger partial charge on any atom is 0.237 e. The Kier molecular flexibility index (Phi) is 5.77. The van der Waals surface area contributed by atoms with Gasteiger partial charge in [-0.05, 0) is 45.2 Å². The Hall–Kier alpha value is -0.610. The van der Waals surface area contributed by atoms with Gasteiger partial charge in [-0.15, -0.1) is 0 Å². The lowest BCUT2D eigenvalue weighted by molar-refractivity contribution is -0.124. The fourth-order valence-corrected chi connectivity index (χ4v) is 2.37. The molecule has 94 valence electrons. The minimum absolute atomic E-state index is 0.0867. The molecule has 0 aliphatic heterocycles. The van der Waals surface area contributed by atoms with Gasteiger partial charge in [-0.2, -0.15) is 0 Å². The minimum atomic E-state index is -0.0867. The molecule has 0 aromatic rings. The van der Waals surface area contributed by atoms with E-state index < -0.39 is 0 Å². The highest BCUT2D eigenvalue weighted by Crippen LogP contribution is 2.24. The largest absolute Gasteiger partial charge is 0.352 e. The Morgan fingerprint density at radius 1 is 1.50 bits per heavy atom. The Morgan fingerprint density at radius 3 is 2.75 bits per heavy atom. The summed E-state index contributed by atoms with van der Waals surface area (Å²) in [5, 5.41) is 6.20. The Morgan fingerprint density at radius 2 is 2.25 bits per heavy atom. The lowest BCUT2D eigenvalue weighted by Gasteiger charge is -2.22. The van der Waals surface area contributed by atoms with Gasteiger partial charge in [0.15, 0.2) is 0 Å². The molecule has 0 bridgehead atoms. The van der Waals surface area contributed by atoms with E-state index in [0.717, 1.165) is 19.3 Å². The van der Waals surface area contributed by atoms with Gasteiger partial charge in [-0.3, -0.25) is 4.79 Å². The zero-order valence-electron chi connectivity index (χ0n) is 10.5. The first-order chi connectivity index (χ1) is 7.69. The van der Waals surface area contributed by atoms with Crippen LogP contribution in [-0.2, 0) is 4.79 Å². The summed E-state index contributed by atoms with van der Waals surface area (Å²) >= 11 is 0. The van der Waals surface area contributed by atoms with Gasteiger partial charge >= 0.3 is 0 Å². The summed E-state index contributed by atoms with van der Waals surface area (Å²) in [4.78, 5) is 12.0. The van der Waals surface area contributed by atoms with Crippen LogP contribution in [0.4, 0.5) is 0 Å². The SMILES string of the molecule is CNC(CCCN)C(=O)NC1CCCC1C. The monoisotopic (exact) mass is 227 g/mol. The second kappa shape index (κ2) is 6.86. The van der Waals surface area contributed by atoms with E-state index in [-0.39, 0.29) is 11.9 Å². The minimum Gasteiger partial charge on any atom is -0.352 e. The second-order valence-corrected chi connectivity index (χ2v) is 4.80. The topological polar surface area (TPSA) is 67.1 Å². The second-order valence-electron chi connectivity index (χ2n) is 4.80. The number of likely N-dealkylation sites (N-methyl/N-ethyl adjacent to an activating group) is 1. The van der Waals surface area contributed by atoms with E-state index >= 15 is 0 Å². The first kappa shape index (κ1) is 13.5. The highest BCUT2D eigenvalue weighted by atomic mass is 16.2. The summed E-state index contributed by atoms with van der Waals surface area (Å²) in [5.41, 5.74) is 5.46. The van der Waals surface area contributed by atoms with E-state index in [2.05, 4.69) is 17.6 Å². The average molecular weight is 227 g/mol. The average Bonchev–Trinajstić information content (AvgIpc) is 2.65. The number of nitrogens with one attached hydrogen (secondary N) is 2. The number of hydrogen-bond donors (Lipinski definition) is 3. The van der Waals surface area contributed by atoms with Gasteiger partial charge < -0.3 is 16.4 Å². The predicted molar refractivity (Wildman–Crippen MR) is 66.1 cm³/mol. The molecule has 3 unspecified atom stereocenters. The fourth-order valence-electron chi connectivity index (χ4n) is 2.37. The van der Waals surface area contributed by atoms with Gasteiger partial charge in [0.1, 0.15) is 0 Å². The van der Waals surface area contributed by atoms with E-state index in [4.69, 9.17) is 5.73 Å². The predicted octanol–water partition coefficient (Wildman–Crippen LogP) is 0.618. The molecule has 0 spiro atoms. The summed E-state index contributed by atoms with van der Waals surface area (Å²) in [6.07, 6.45) is 5.30. The van der Waals surface area contributed by atoms with Crippen LogP contribution in [0.15, 0.2) is 0 Å². The van der Waals surface area contributed by atoms with Crippen LogP contribution in [0.3, 0.4) is 0 Å². The molecule has 1 saturated carbocycles. The molecule has 16 heavy (non-hydrogen) atoms. The molecule has 0 aromatic heterocycles. The summed E-state index contributed by atoms with van der Waals surface area (Å²) in [5.74, 6) is 0.755. The highest BCUT2D eigenvalue weighted by molar-refractivity contribution is 5.82. The molecule has 1 aliphatic rings. The maximum absolute atomic E-state index is 12.0. The van der Waals surface area contributed by atoms with E-state index in [0.29, 0.717) is 18.5 Å². The Balaban J connectivity index is 2.36. The fraction of sp³-hybridized carbons (Fsp3) is 0.917. The Labute approximate surface area is 98.3 Å². The third-order valence-corrected chi connectivity index (χ3v) is 3.55. The molecule has 1 aliphatic carbocycles. The van der Waals surface area contributed by atoms with Crippen molar-refractivity contribution >= 4 is 5.91 Å². The molecule has 4 N–H and O–H groups in total. The summed E-state index contributed by atoms with van der Waals surface area (Å²) < 4.78 is 0. The molecule has 4 heteroatoms. The van der Waals surface area contributed by atoms with Crippen LogP contribution in [0.2, 0.25) is 0 Å². The van der Waals surface area contributed by atoms with Crippen LogP contribution in [0.5, 0.6) is 0 Å². The number of amides is 1. The van der Waals surface area contributed by atoms with Gasteiger partial charge in [0.05, 0.1) is 6.04 Å². The van der Waals surface area contributed by atoms with Crippen molar-refractivity contribution in [2.75, 3.05) is 13.6 Å². The zero-order chi connectivity index (χ0) is 12.0. The smallest absolute Gasteiger partial charge is 0.237 e. The van der Waals surface area contributed by atoms with Gasteiger partial charge in [-0.25, -0.2) is 0 Å². The van der Waals surface area contributed by atoms with Crippen molar-refractivity contribution in [1.29, 1.82) is 0 Å². The van der Waals surface area contributed by atoms with Crippen LogP contribution < -0.4 is 16.4 Å². The van der Waals surface area contributed by atoms with Crippen molar-refractivity contribution in [2.45, 2.75) is 51.1 Å². The highest BCUT2D eigenvalue weighted by Gasteiger charge is 2.26. The number of carbonyl (C=O) groups is 1. The molecule has 0 saturated heterocycles. The first-order valence-electron chi connectivity index (χ1n) is 6.36. The van der Waals surface area contributed by atoms with Crippen molar-refractivity contribution in [1.82, 2.24) is 10.6 Å². The Bertz CT molecular complexity index is 220. The third-order valence-electron chi connectivity index (χ3n) is 3.55. The summed E-state index contributed by atoms with van der Waals surface area (Å²) in [7, 11) is 1.83. The summed E-state index contributed by atoms with van der Waals surface area (Å²) in [6.45, 7) is 2.86. The van der Waals surface area contributed by atoms with Crippen LogP contribution in [0.1, 0.15) is 39.0 Å². The molecule has 1 rings (SSSR count). The zero-order valence-corrected chi connectivity index (χ0v) is 10.5. The van der Waals surface area contributed by atoms with Crippen molar-refractivity contribution in [3.05, 3.63) is 0 Å². The third kappa shape index (κ3) is 3.76. The van der Waals surface area contributed by atoms with Gasteiger partial charge in [0, 0.05) is 6.04 Å². The summed E-state index contributed by atoms with van der Waals surface area (Å²) in [6, 6.07) is 0.289. The number of hydrogen-bond acceptors (Lipinski definition) is 3. The number of carbonyl (C=O) groups excluding carboxylic acids is 1. The molecular weight excluding hydrogens is 202 g/mol. The van der Waals surface area contributed by atoms with Crippen LogP contribution in [0.25, 0.3) is 0 Å². The first-order valence-corrected chi connectivity index (χ1v) is 6.36. The normalized spacial score (nSPS) is 26.7. The van der Waals surface area contributed by atoms with Gasteiger partial charge in [0.25, 0.3) is 0 Å². The lowest BCUT2D eigenvalue weighted by atomic mass is 10.1. The molecule has 0 aromatic carbocycles.